The number of nitrogens with one attached hydrogen (secondary N) is 2. The van der Waals surface area contributed by atoms with E-state index in [1.165, 1.54) is 6.92 Å². The first-order valence-electron chi connectivity index (χ1n) is 6.15. The number of benzene rings is 1. The van der Waals surface area contributed by atoms with Crippen LogP contribution in [0.15, 0.2) is 22.7 Å². The Hall–Kier alpha value is -1.36. The van der Waals surface area contributed by atoms with Crippen LogP contribution in [0.5, 0.6) is 0 Å². The summed E-state index contributed by atoms with van der Waals surface area (Å²) in [6.45, 7) is 7.17. The van der Waals surface area contributed by atoms with Crippen LogP contribution in [0, 0.1) is 12.8 Å². The van der Waals surface area contributed by atoms with Gasteiger partial charge < -0.3 is 10.6 Å². The lowest BCUT2D eigenvalue weighted by molar-refractivity contribution is -0.126. The van der Waals surface area contributed by atoms with Crippen LogP contribution < -0.4 is 10.6 Å². The molecule has 5 heteroatoms. The summed E-state index contributed by atoms with van der Waals surface area (Å²) in [6.07, 6.45) is 0. The van der Waals surface area contributed by atoms with Gasteiger partial charge in [0, 0.05) is 17.1 Å². The normalized spacial score (nSPS) is 12.1. The summed E-state index contributed by atoms with van der Waals surface area (Å²) >= 11 is 3.42. The van der Waals surface area contributed by atoms with Crippen molar-refractivity contribution in [3.63, 3.8) is 0 Å². The summed E-state index contributed by atoms with van der Waals surface area (Å²) in [5.41, 5.74) is 1.80. The SMILES string of the molecule is CC(=O)NC(C(=O)Nc1ccc(C)c(Br)c1)C(C)C. The van der Waals surface area contributed by atoms with Crippen LogP contribution in [0.2, 0.25) is 0 Å². The number of hydrogen-bond donors (Lipinski definition) is 2. The van der Waals surface area contributed by atoms with E-state index < -0.39 is 6.04 Å². The number of carbonyl (C=O) groups is 2. The predicted molar refractivity (Wildman–Crippen MR) is 80.0 cm³/mol. The Balaban J connectivity index is 2.81. The van der Waals surface area contributed by atoms with Gasteiger partial charge in [-0.3, -0.25) is 9.59 Å². The Morgan fingerprint density at radius 3 is 2.37 bits per heavy atom. The molecule has 4 nitrogen and oxygen atoms in total. The molecule has 0 aromatic heterocycles. The molecule has 0 aliphatic rings. The maximum atomic E-state index is 12.1. The van der Waals surface area contributed by atoms with E-state index in [1.807, 2.05) is 39.0 Å². The summed E-state index contributed by atoms with van der Waals surface area (Å²) in [4.78, 5) is 23.3. The van der Waals surface area contributed by atoms with Gasteiger partial charge in [-0.25, -0.2) is 0 Å². The van der Waals surface area contributed by atoms with Crippen molar-refractivity contribution in [3.8, 4) is 0 Å². The van der Waals surface area contributed by atoms with Crippen molar-refractivity contribution in [3.05, 3.63) is 28.2 Å². The van der Waals surface area contributed by atoms with E-state index in [-0.39, 0.29) is 17.7 Å². The van der Waals surface area contributed by atoms with E-state index in [0.717, 1.165) is 10.0 Å². The number of anilines is 1. The fraction of sp³-hybridized carbons (Fsp3) is 0.429. The van der Waals surface area contributed by atoms with Gasteiger partial charge in [0.15, 0.2) is 0 Å². The second-order valence-electron chi connectivity index (χ2n) is 4.88. The fourth-order valence-electron chi connectivity index (χ4n) is 1.64. The van der Waals surface area contributed by atoms with Crippen molar-refractivity contribution in [1.82, 2.24) is 5.32 Å². The number of amides is 2. The molecule has 0 fully saturated rings. The average Bonchev–Trinajstić information content (AvgIpc) is 2.30. The van der Waals surface area contributed by atoms with Gasteiger partial charge >= 0.3 is 0 Å². The first kappa shape index (κ1) is 15.7. The molecule has 0 saturated heterocycles. The zero-order chi connectivity index (χ0) is 14.6. The zero-order valence-corrected chi connectivity index (χ0v) is 13.2. The van der Waals surface area contributed by atoms with Gasteiger partial charge in [-0.15, -0.1) is 0 Å². The lowest BCUT2D eigenvalue weighted by Gasteiger charge is -2.21. The highest BCUT2D eigenvalue weighted by Gasteiger charge is 2.22. The average molecular weight is 327 g/mol. The van der Waals surface area contributed by atoms with E-state index in [2.05, 4.69) is 26.6 Å². The van der Waals surface area contributed by atoms with Crippen LogP contribution in [-0.2, 0) is 9.59 Å². The van der Waals surface area contributed by atoms with E-state index in [4.69, 9.17) is 0 Å². The number of carbonyl (C=O) groups excluding carboxylic acids is 2. The van der Waals surface area contributed by atoms with Gasteiger partial charge in [-0.1, -0.05) is 35.8 Å². The van der Waals surface area contributed by atoms with Crippen molar-refractivity contribution in [2.75, 3.05) is 5.32 Å². The molecule has 1 rings (SSSR count). The standard InChI is InChI=1S/C14H19BrN2O2/c1-8(2)13(16-10(4)18)14(19)17-11-6-5-9(3)12(15)7-11/h5-8,13H,1-4H3,(H,16,18)(H,17,19). The quantitative estimate of drug-likeness (QED) is 0.893. The highest BCUT2D eigenvalue weighted by Crippen LogP contribution is 2.21. The fourth-order valence-corrected chi connectivity index (χ4v) is 2.02. The Kier molecular flexibility index (Phi) is 5.54. The topological polar surface area (TPSA) is 58.2 Å². The second kappa shape index (κ2) is 6.70. The third-order valence-corrected chi connectivity index (χ3v) is 3.60. The van der Waals surface area contributed by atoms with Crippen LogP contribution in [0.1, 0.15) is 26.3 Å². The van der Waals surface area contributed by atoms with Gasteiger partial charge in [0.1, 0.15) is 6.04 Å². The van der Waals surface area contributed by atoms with Gasteiger partial charge in [0.25, 0.3) is 0 Å². The van der Waals surface area contributed by atoms with Gasteiger partial charge in [-0.2, -0.15) is 0 Å². The summed E-state index contributed by atoms with van der Waals surface area (Å²) in [7, 11) is 0. The summed E-state index contributed by atoms with van der Waals surface area (Å²) < 4.78 is 0.936. The second-order valence-corrected chi connectivity index (χ2v) is 5.73. The van der Waals surface area contributed by atoms with Crippen molar-refractivity contribution in [2.45, 2.75) is 33.7 Å². The van der Waals surface area contributed by atoms with Gasteiger partial charge in [0.05, 0.1) is 0 Å². The molecule has 2 N–H and O–H groups in total. The highest BCUT2D eigenvalue weighted by molar-refractivity contribution is 9.10. The van der Waals surface area contributed by atoms with Crippen molar-refractivity contribution >= 4 is 33.4 Å². The number of aryl methyl sites for hydroxylation is 1. The molecule has 1 aromatic carbocycles. The predicted octanol–water partition coefficient (Wildman–Crippen LogP) is 2.86. The number of hydrogen-bond acceptors (Lipinski definition) is 2. The minimum absolute atomic E-state index is 0.0257. The van der Waals surface area contributed by atoms with Crippen LogP contribution in [0.25, 0.3) is 0 Å². The maximum absolute atomic E-state index is 12.1. The van der Waals surface area contributed by atoms with Crippen LogP contribution in [0.4, 0.5) is 5.69 Å². The Bertz CT molecular complexity index is 486. The molecule has 2 amide bonds. The van der Waals surface area contributed by atoms with Crippen molar-refractivity contribution in [2.24, 2.45) is 5.92 Å². The van der Waals surface area contributed by atoms with Crippen molar-refractivity contribution in [1.29, 1.82) is 0 Å². The molecule has 19 heavy (non-hydrogen) atoms. The van der Waals surface area contributed by atoms with Crippen LogP contribution >= 0.6 is 15.9 Å². The highest BCUT2D eigenvalue weighted by atomic mass is 79.9. The molecule has 1 aromatic rings. The van der Waals surface area contributed by atoms with Gasteiger partial charge in [0.2, 0.25) is 11.8 Å². The molecule has 0 spiro atoms. The monoisotopic (exact) mass is 326 g/mol. The van der Waals surface area contributed by atoms with Crippen LogP contribution in [0.3, 0.4) is 0 Å². The lowest BCUT2D eigenvalue weighted by atomic mass is 10.0. The molecule has 0 aliphatic heterocycles. The van der Waals surface area contributed by atoms with Crippen molar-refractivity contribution < 1.29 is 9.59 Å². The molecule has 0 saturated carbocycles. The molecular weight excluding hydrogens is 308 g/mol. The summed E-state index contributed by atoms with van der Waals surface area (Å²) in [6, 6.07) is 5.07. The first-order chi connectivity index (χ1) is 8.81. The van der Waals surface area contributed by atoms with E-state index >= 15 is 0 Å². The van der Waals surface area contributed by atoms with Gasteiger partial charge in [-0.05, 0) is 30.5 Å². The van der Waals surface area contributed by atoms with Crippen LogP contribution in [-0.4, -0.2) is 17.9 Å². The Morgan fingerprint density at radius 2 is 1.89 bits per heavy atom. The minimum atomic E-state index is -0.530. The molecule has 0 aliphatic carbocycles. The first-order valence-corrected chi connectivity index (χ1v) is 6.94. The molecule has 0 radical (unpaired) electrons. The smallest absolute Gasteiger partial charge is 0.247 e. The molecule has 104 valence electrons. The lowest BCUT2D eigenvalue weighted by Crippen LogP contribution is -2.46. The largest absolute Gasteiger partial charge is 0.344 e. The molecule has 1 unspecified atom stereocenters. The molecule has 1 atom stereocenters. The Labute approximate surface area is 122 Å². The maximum Gasteiger partial charge on any atom is 0.247 e. The number of rotatable bonds is 4. The van der Waals surface area contributed by atoms with E-state index in [9.17, 15) is 9.59 Å². The third-order valence-electron chi connectivity index (χ3n) is 2.75. The molecular formula is C14H19BrN2O2. The molecule has 0 bridgehead atoms. The van der Waals surface area contributed by atoms with E-state index in [0.29, 0.717) is 5.69 Å². The number of halogens is 1. The minimum Gasteiger partial charge on any atom is -0.344 e. The Morgan fingerprint density at radius 1 is 1.26 bits per heavy atom. The third kappa shape index (κ3) is 4.67. The summed E-state index contributed by atoms with van der Waals surface area (Å²) in [5.74, 6) is -0.391. The zero-order valence-electron chi connectivity index (χ0n) is 11.6. The van der Waals surface area contributed by atoms with E-state index in [1.54, 1.807) is 0 Å². The summed E-state index contributed by atoms with van der Waals surface area (Å²) in [5, 5.41) is 5.48. The molecule has 0 heterocycles.